The lowest BCUT2D eigenvalue weighted by Crippen LogP contribution is -2.10. The molecule has 0 fully saturated rings. The SMILES string of the molecule is CC(C)(C)c1ccc(-c2ccc3c(c2)c2cc(-c4ccc(C(C)(C)C)cc4)ccc2c2cc4c5ccc(-c6ccc(C(C)(C)C)cc6)cc5c5cc(-c6ccc(C(C)(C)C)cc6)ccc5c4cc32)cc1.c1ccc(-c2cc(-c3ccccc3)cc(-c3ccc4c(c3)c3ccccc3c3cc5c6ccccc6c6ccccc6c5cc43)c2)cc1. The van der Waals surface area contributed by atoms with Crippen molar-refractivity contribution in [2.45, 2.75) is 105 Å². The van der Waals surface area contributed by atoms with Crippen molar-refractivity contribution in [1.29, 1.82) is 0 Å². The molecule has 0 saturated carbocycles. The Kier molecular flexibility index (Phi) is 17.6. The Hall–Kier alpha value is -13.3. The van der Waals surface area contributed by atoms with Gasteiger partial charge in [0, 0.05) is 0 Å². The van der Waals surface area contributed by atoms with Gasteiger partial charge in [0.1, 0.15) is 0 Å². The fraction of sp³-hybridized carbons (Fsp3) is 0.136. The van der Waals surface area contributed by atoms with Crippen molar-refractivity contribution in [1.82, 2.24) is 0 Å². The summed E-state index contributed by atoms with van der Waals surface area (Å²) in [5.74, 6) is 0. The van der Waals surface area contributed by atoms with Crippen LogP contribution in [0.5, 0.6) is 0 Å². The van der Waals surface area contributed by atoms with E-state index < -0.39 is 0 Å². The third-order valence-electron chi connectivity index (χ3n) is 25.5. The molecule has 0 unspecified atom stereocenters. The molecule has 0 aliphatic carbocycles. The van der Waals surface area contributed by atoms with Crippen LogP contribution < -0.4 is 0 Å². The highest BCUT2D eigenvalue weighted by Crippen LogP contribution is 2.49. The predicted molar refractivity (Wildman–Crippen MR) is 516 cm³/mol. The van der Waals surface area contributed by atoms with E-state index in [2.05, 4.69) is 447 Å². The lowest BCUT2D eigenvalue weighted by molar-refractivity contribution is 0.590. The second-order valence-electron chi connectivity index (χ2n) is 37.2. The minimum atomic E-state index is 0.0940. The molecule has 118 heavy (non-hydrogen) atoms. The maximum atomic E-state index is 2.52. The zero-order valence-corrected chi connectivity index (χ0v) is 69.6. The van der Waals surface area contributed by atoms with Crippen LogP contribution in [0.4, 0.5) is 0 Å². The van der Waals surface area contributed by atoms with Gasteiger partial charge in [-0.3, -0.25) is 0 Å². The van der Waals surface area contributed by atoms with Crippen LogP contribution in [0.15, 0.2) is 364 Å². The number of fused-ring (bicyclic) bond motifs is 24. The molecule has 0 spiro atoms. The first-order valence-corrected chi connectivity index (χ1v) is 42.1. The Labute approximate surface area is 693 Å². The second-order valence-corrected chi connectivity index (χ2v) is 37.2. The fourth-order valence-corrected chi connectivity index (χ4v) is 18.8. The van der Waals surface area contributed by atoms with Crippen molar-refractivity contribution in [3.05, 3.63) is 386 Å². The molecule has 0 N–H and O–H groups in total. The molecule has 0 nitrogen and oxygen atoms in total. The Morgan fingerprint density at radius 1 is 0.102 bits per heavy atom. The van der Waals surface area contributed by atoms with E-state index in [0.717, 1.165) is 0 Å². The molecule has 568 valence electrons. The first kappa shape index (κ1) is 73.6. The summed E-state index contributed by atoms with van der Waals surface area (Å²) in [7, 11) is 0. The number of hydrogen-bond donors (Lipinski definition) is 0. The van der Waals surface area contributed by atoms with Gasteiger partial charge in [0.15, 0.2) is 0 Å². The molecule has 0 aromatic heterocycles. The van der Waals surface area contributed by atoms with Gasteiger partial charge in [-0.05, 0) is 324 Å². The molecule has 0 saturated heterocycles. The van der Waals surface area contributed by atoms with E-state index in [1.165, 1.54) is 229 Å². The Morgan fingerprint density at radius 3 is 0.458 bits per heavy atom. The van der Waals surface area contributed by atoms with Gasteiger partial charge in [-0.2, -0.15) is 0 Å². The van der Waals surface area contributed by atoms with Crippen molar-refractivity contribution >= 4 is 129 Å². The quantitative estimate of drug-likeness (QED) is 0.110. The van der Waals surface area contributed by atoms with Crippen molar-refractivity contribution in [3.63, 3.8) is 0 Å². The van der Waals surface area contributed by atoms with E-state index in [9.17, 15) is 0 Å². The molecule has 0 aliphatic heterocycles. The zero-order chi connectivity index (χ0) is 80.7. The van der Waals surface area contributed by atoms with E-state index in [1.54, 1.807) is 0 Å². The van der Waals surface area contributed by atoms with Crippen molar-refractivity contribution < 1.29 is 0 Å². The summed E-state index contributed by atoms with van der Waals surface area (Å²) < 4.78 is 0. The molecular weight excluding hydrogens is 1420 g/mol. The maximum Gasteiger partial charge on any atom is -0.00923 e. The summed E-state index contributed by atoms with van der Waals surface area (Å²) in [6.07, 6.45) is 0. The van der Waals surface area contributed by atoms with Crippen molar-refractivity contribution in [2.75, 3.05) is 0 Å². The third kappa shape index (κ3) is 13.1. The van der Waals surface area contributed by atoms with E-state index in [-0.39, 0.29) is 21.7 Å². The molecule has 0 aliphatic rings. The highest BCUT2D eigenvalue weighted by atomic mass is 14.3. The molecule has 0 amide bonds. The number of rotatable bonds is 7. The normalized spacial score (nSPS) is 12.4. The molecule has 0 radical (unpaired) electrons. The summed E-state index contributed by atoms with van der Waals surface area (Å²) in [5, 5.41) is 30.9. The maximum absolute atomic E-state index is 2.52. The predicted octanol–water partition coefficient (Wildman–Crippen LogP) is 34.1. The topological polar surface area (TPSA) is 0 Å². The first-order chi connectivity index (χ1) is 57.0. The van der Waals surface area contributed by atoms with Crippen molar-refractivity contribution in [2.24, 2.45) is 0 Å². The molecule has 21 aromatic carbocycles. The zero-order valence-electron chi connectivity index (χ0n) is 69.6. The van der Waals surface area contributed by atoms with Crippen LogP contribution in [0.1, 0.15) is 105 Å². The largest absolute Gasteiger partial charge is 0.0622 e. The van der Waals surface area contributed by atoms with Crippen LogP contribution in [-0.2, 0) is 21.7 Å². The van der Waals surface area contributed by atoms with Gasteiger partial charge in [0.25, 0.3) is 0 Å². The lowest BCUT2D eigenvalue weighted by atomic mass is 9.84. The van der Waals surface area contributed by atoms with Gasteiger partial charge in [-0.1, -0.05) is 374 Å². The highest BCUT2D eigenvalue weighted by Gasteiger charge is 2.23. The minimum Gasteiger partial charge on any atom is -0.0622 e. The van der Waals surface area contributed by atoms with Crippen LogP contribution in [0, 0.1) is 0 Å². The Morgan fingerprint density at radius 2 is 0.246 bits per heavy atom. The summed E-state index contributed by atoms with van der Waals surface area (Å²) in [6, 6.07) is 138. The third-order valence-corrected chi connectivity index (χ3v) is 25.5. The van der Waals surface area contributed by atoms with Crippen LogP contribution >= 0.6 is 0 Å². The van der Waals surface area contributed by atoms with Gasteiger partial charge in [-0.25, -0.2) is 0 Å². The molecule has 0 heterocycles. The summed E-state index contributed by atoms with van der Waals surface area (Å²) in [6.45, 7) is 27.4. The standard InChI is InChI=1S/C70H66.C48H30/c1-67(2,3)51-25-13-43(14-26-51)47-21-33-55-59(37-47)60-38-48(44-15-27-52(28-16-44)68(4,5)6)22-34-56(60)64-42-66-58-36-24-50(46-19-31-54(32-20-46)70(10,11)12)40-62(58)61-39-49(23-35-57(61)65(66)41-63(55)64)45-17-29-53(30-18-45)69(7,8)9;1-3-13-31(14-4-1)34-25-35(32-15-5-2-6-16-32)27-36(26-34)33-23-24-43-44(28-33)41-21-11-12-22-42(41)47-29-45-39-19-9-7-17-37(39)38-18-8-10-20-40(38)46(45)30-48(43)47/h13-42H,1-12H3;1-30H. The lowest BCUT2D eigenvalue weighted by Gasteiger charge is -2.20. The van der Waals surface area contributed by atoms with Gasteiger partial charge < -0.3 is 0 Å². The van der Waals surface area contributed by atoms with E-state index in [1.807, 2.05) is 0 Å². The number of hydrogen-bond acceptors (Lipinski definition) is 0. The highest BCUT2D eigenvalue weighted by molar-refractivity contribution is 6.35. The summed E-state index contributed by atoms with van der Waals surface area (Å²) in [5.41, 5.74) is 23.0. The molecule has 0 atom stereocenters. The fourth-order valence-electron chi connectivity index (χ4n) is 18.8. The van der Waals surface area contributed by atoms with Gasteiger partial charge >= 0.3 is 0 Å². The van der Waals surface area contributed by atoms with Crippen LogP contribution in [-0.4, -0.2) is 0 Å². The van der Waals surface area contributed by atoms with Crippen LogP contribution in [0.25, 0.3) is 207 Å². The van der Waals surface area contributed by atoms with Gasteiger partial charge in [0.05, 0.1) is 0 Å². The summed E-state index contributed by atoms with van der Waals surface area (Å²) in [4.78, 5) is 0. The second kappa shape index (κ2) is 28.3. The summed E-state index contributed by atoms with van der Waals surface area (Å²) >= 11 is 0. The van der Waals surface area contributed by atoms with Crippen LogP contribution in [0.3, 0.4) is 0 Å². The van der Waals surface area contributed by atoms with Gasteiger partial charge in [-0.15, -0.1) is 0 Å². The Balaban J connectivity index is 0.000000162. The molecule has 0 bridgehead atoms. The molecular formula is C118H96. The van der Waals surface area contributed by atoms with E-state index in [4.69, 9.17) is 0 Å². The Bertz CT molecular complexity index is 7030. The monoisotopic (exact) mass is 1510 g/mol. The number of benzene rings is 21. The average Bonchev–Trinajstić information content (AvgIpc) is 0.714. The molecule has 21 rings (SSSR count). The average molecular weight is 1510 g/mol. The minimum absolute atomic E-state index is 0.0940. The van der Waals surface area contributed by atoms with Crippen molar-refractivity contribution in [3.8, 4) is 77.9 Å². The first-order valence-electron chi connectivity index (χ1n) is 42.1. The van der Waals surface area contributed by atoms with Crippen LogP contribution in [0.2, 0.25) is 0 Å². The van der Waals surface area contributed by atoms with E-state index in [0.29, 0.717) is 0 Å². The smallest absolute Gasteiger partial charge is 0.00923 e. The van der Waals surface area contributed by atoms with Gasteiger partial charge in [0.2, 0.25) is 0 Å². The molecule has 21 aromatic rings. The van der Waals surface area contributed by atoms with E-state index >= 15 is 0 Å². The molecule has 0 heteroatoms.